The molecule has 1 aromatic carbocycles. The number of fused-ring (bicyclic) bond motifs is 1. The number of nitrogens with one attached hydrogen (secondary N) is 1. The Bertz CT molecular complexity index is 522. The molecule has 1 fully saturated rings. The first-order valence-corrected chi connectivity index (χ1v) is 4.97. The van der Waals surface area contributed by atoms with Crippen LogP contribution in [0.15, 0.2) is 12.1 Å². The number of amides is 2. The van der Waals surface area contributed by atoms with Gasteiger partial charge in [-0.25, -0.2) is 0 Å². The lowest BCUT2D eigenvalue weighted by molar-refractivity contribution is -0.125. The van der Waals surface area contributed by atoms with Gasteiger partial charge in [-0.1, -0.05) is 24.3 Å². The number of benzene rings is 1. The molecule has 1 aromatic rings. The van der Waals surface area contributed by atoms with E-state index in [1.165, 1.54) is 0 Å². The molecule has 3 nitrogen and oxygen atoms in total. The summed E-state index contributed by atoms with van der Waals surface area (Å²) in [6.45, 7) is 0. The van der Waals surface area contributed by atoms with E-state index in [0.29, 0.717) is 0 Å². The topological polar surface area (TPSA) is 46.2 Å². The fraction of sp³-hybridized carbons (Fsp3) is 0.167. The van der Waals surface area contributed by atoms with Crippen molar-refractivity contribution in [2.75, 3.05) is 0 Å². The highest BCUT2D eigenvalue weighted by molar-refractivity contribution is 6.13. The summed E-state index contributed by atoms with van der Waals surface area (Å²) >= 11 is 0. The predicted octanol–water partition coefficient (Wildman–Crippen LogP) is 1.01. The predicted molar refractivity (Wildman–Crippen MR) is 54.0 cm³/mol. The van der Waals surface area contributed by atoms with E-state index in [2.05, 4.69) is 5.32 Å². The van der Waals surface area contributed by atoms with Gasteiger partial charge in [0.1, 0.15) is 0 Å². The van der Waals surface area contributed by atoms with Crippen molar-refractivity contribution in [1.82, 2.24) is 5.32 Å². The lowest BCUT2D eigenvalue weighted by atomic mass is 9.69. The van der Waals surface area contributed by atoms with Crippen LogP contribution in [0.3, 0.4) is 0 Å². The normalized spacial score (nSPS) is 28.5. The van der Waals surface area contributed by atoms with Gasteiger partial charge < -0.3 is 0 Å². The zero-order valence-electron chi connectivity index (χ0n) is 7.78. The first kappa shape index (κ1) is 7.40. The van der Waals surface area contributed by atoms with E-state index in [1.54, 1.807) is 0 Å². The van der Waals surface area contributed by atoms with Gasteiger partial charge >= 0.3 is 0 Å². The van der Waals surface area contributed by atoms with Gasteiger partial charge in [0.25, 0.3) is 0 Å². The van der Waals surface area contributed by atoms with Crippen molar-refractivity contribution in [3.63, 3.8) is 0 Å². The smallest absolute Gasteiger partial charge is 0.235 e. The maximum atomic E-state index is 11.6. The van der Waals surface area contributed by atoms with Crippen LogP contribution in [0.25, 0.3) is 12.2 Å². The summed E-state index contributed by atoms with van der Waals surface area (Å²) in [5.74, 6) is -0.815. The van der Waals surface area contributed by atoms with Crippen LogP contribution in [0.5, 0.6) is 0 Å². The molecule has 1 N–H and O–H groups in total. The van der Waals surface area contributed by atoms with E-state index in [1.807, 2.05) is 24.3 Å². The molecule has 3 heteroatoms. The average Bonchev–Trinajstić information content (AvgIpc) is 2.44. The largest absolute Gasteiger partial charge is 0.295 e. The highest BCUT2D eigenvalue weighted by Gasteiger charge is 2.49. The van der Waals surface area contributed by atoms with Gasteiger partial charge in [0.05, 0.1) is 11.8 Å². The number of carbonyl (C=O) groups excluding carboxylic acids is 2. The van der Waals surface area contributed by atoms with Crippen LogP contribution in [-0.4, -0.2) is 11.8 Å². The highest BCUT2D eigenvalue weighted by atomic mass is 16.2. The minimum Gasteiger partial charge on any atom is -0.295 e. The quantitative estimate of drug-likeness (QED) is 0.640. The standard InChI is InChI=1S/C12H7NO2/c14-11-9-7-3-4-8(6-2-1-5(6)7)10(9)12(15)13-11/h1-4,9-10H,(H,13,14,15)/t9-,10?/m1/s1. The number of carbonyl (C=O) groups is 2. The molecule has 2 atom stereocenters. The summed E-state index contributed by atoms with van der Waals surface area (Å²) in [5, 5.41) is 2.41. The number of hydrogen-bond acceptors (Lipinski definition) is 2. The molecule has 0 aromatic heterocycles. The van der Waals surface area contributed by atoms with E-state index in [9.17, 15) is 9.59 Å². The monoisotopic (exact) mass is 197 g/mol. The lowest BCUT2D eigenvalue weighted by Gasteiger charge is -2.32. The Morgan fingerprint density at radius 2 is 1.33 bits per heavy atom. The highest BCUT2D eigenvalue weighted by Crippen LogP contribution is 2.50. The Hall–Kier alpha value is -1.90. The maximum Gasteiger partial charge on any atom is 0.235 e. The molecule has 1 aliphatic heterocycles. The number of hydrogen-bond donors (Lipinski definition) is 1. The molecule has 4 aliphatic rings. The summed E-state index contributed by atoms with van der Waals surface area (Å²) in [6, 6.07) is 3.94. The molecular formula is C12H7NO2. The summed E-state index contributed by atoms with van der Waals surface area (Å²) in [4.78, 5) is 23.3. The van der Waals surface area contributed by atoms with E-state index in [-0.39, 0.29) is 23.7 Å². The Balaban J connectivity index is 2.08. The van der Waals surface area contributed by atoms with Crippen LogP contribution < -0.4 is 5.32 Å². The molecule has 0 saturated carbocycles. The third-order valence-electron chi connectivity index (χ3n) is 3.59. The Labute approximate surface area is 85.8 Å². The SMILES string of the molecule is O=C1NC(=O)[C@@H]2c3ccc(c4c3C=C4)C12. The second-order valence-corrected chi connectivity index (χ2v) is 4.21. The second kappa shape index (κ2) is 2.03. The Morgan fingerprint density at radius 1 is 0.867 bits per heavy atom. The van der Waals surface area contributed by atoms with Crippen LogP contribution >= 0.6 is 0 Å². The first-order chi connectivity index (χ1) is 7.27. The van der Waals surface area contributed by atoms with Crippen molar-refractivity contribution >= 4 is 24.0 Å². The van der Waals surface area contributed by atoms with Crippen molar-refractivity contribution in [1.29, 1.82) is 0 Å². The Morgan fingerprint density at radius 3 is 1.73 bits per heavy atom. The van der Waals surface area contributed by atoms with Crippen LogP contribution in [0.1, 0.15) is 34.1 Å². The van der Waals surface area contributed by atoms with E-state index in [4.69, 9.17) is 0 Å². The lowest BCUT2D eigenvalue weighted by Crippen LogP contribution is -2.24. The molecule has 2 bridgehead atoms. The molecule has 3 aliphatic carbocycles. The molecule has 0 radical (unpaired) electrons. The minimum absolute atomic E-state index is 0.145. The van der Waals surface area contributed by atoms with E-state index < -0.39 is 0 Å². The fourth-order valence-electron chi connectivity index (χ4n) is 2.88. The molecule has 2 amide bonds. The molecule has 1 saturated heterocycles. The van der Waals surface area contributed by atoms with Crippen LogP contribution in [0.2, 0.25) is 0 Å². The van der Waals surface area contributed by atoms with Crippen LogP contribution in [-0.2, 0) is 9.59 Å². The van der Waals surface area contributed by atoms with Gasteiger partial charge in [-0.3, -0.25) is 14.9 Å². The zero-order valence-corrected chi connectivity index (χ0v) is 7.78. The second-order valence-electron chi connectivity index (χ2n) is 4.21. The van der Waals surface area contributed by atoms with E-state index in [0.717, 1.165) is 22.3 Å². The zero-order chi connectivity index (χ0) is 10.2. The van der Waals surface area contributed by atoms with Crippen LogP contribution in [0.4, 0.5) is 0 Å². The first-order valence-electron chi connectivity index (χ1n) is 4.97. The molecular weight excluding hydrogens is 190 g/mol. The molecule has 5 rings (SSSR count). The third-order valence-corrected chi connectivity index (χ3v) is 3.59. The molecule has 72 valence electrons. The summed E-state index contributed by atoms with van der Waals surface area (Å²) < 4.78 is 0. The third kappa shape index (κ3) is 0.635. The van der Waals surface area contributed by atoms with Crippen LogP contribution in [0, 0.1) is 0 Å². The average molecular weight is 197 g/mol. The number of imide groups is 1. The van der Waals surface area contributed by atoms with Gasteiger partial charge in [0.15, 0.2) is 0 Å². The van der Waals surface area contributed by atoms with Gasteiger partial charge in [-0.15, -0.1) is 0 Å². The molecule has 15 heavy (non-hydrogen) atoms. The summed E-state index contributed by atoms with van der Waals surface area (Å²) in [7, 11) is 0. The number of rotatable bonds is 0. The van der Waals surface area contributed by atoms with Gasteiger partial charge in [0.2, 0.25) is 11.8 Å². The van der Waals surface area contributed by atoms with Gasteiger partial charge in [-0.2, -0.15) is 0 Å². The Kier molecular flexibility index (Phi) is 1.00. The van der Waals surface area contributed by atoms with Crippen molar-refractivity contribution in [2.24, 2.45) is 0 Å². The van der Waals surface area contributed by atoms with E-state index >= 15 is 0 Å². The molecule has 1 heterocycles. The molecule has 0 spiro atoms. The van der Waals surface area contributed by atoms with Crippen molar-refractivity contribution in [3.05, 3.63) is 34.4 Å². The minimum atomic E-state index is -0.263. The van der Waals surface area contributed by atoms with Gasteiger partial charge in [-0.05, 0) is 22.3 Å². The van der Waals surface area contributed by atoms with Crippen molar-refractivity contribution < 1.29 is 9.59 Å². The maximum absolute atomic E-state index is 11.6. The summed E-state index contributed by atoms with van der Waals surface area (Å²) in [6.07, 6.45) is 4.03. The summed E-state index contributed by atoms with van der Waals surface area (Å²) in [5.41, 5.74) is 4.32. The van der Waals surface area contributed by atoms with Crippen molar-refractivity contribution in [3.8, 4) is 0 Å². The fourth-order valence-corrected chi connectivity index (χ4v) is 2.88. The molecule has 1 unspecified atom stereocenters. The van der Waals surface area contributed by atoms with Crippen molar-refractivity contribution in [2.45, 2.75) is 11.8 Å². The van der Waals surface area contributed by atoms with Gasteiger partial charge in [0, 0.05) is 0 Å².